The molecule has 0 spiro atoms. The van der Waals surface area contributed by atoms with Crippen LogP contribution in [-0.4, -0.2) is 37.5 Å². The van der Waals surface area contributed by atoms with Gasteiger partial charge in [0.2, 0.25) is 11.7 Å². The first-order valence-electron chi connectivity index (χ1n) is 9.48. The second-order valence-electron chi connectivity index (χ2n) is 9.16. The van der Waals surface area contributed by atoms with Gasteiger partial charge in [-0.25, -0.2) is 0 Å². The van der Waals surface area contributed by atoms with Crippen LogP contribution in [0.2, 0.25) is 11.6 Å². The van der Waals surface area contributed by atoms with Crippen LogP contribution < -0.4 is 0 Å². The summed E-state index contributed by atoms with van der Waals surface area (Å²) < 4.78 is 5.44. The Morgan fingerprint density at radius 1 is 1.04 bits per heavy atom. The van der Waals surface area contributed by atoms with E-state index < -0.39 is 5.87 Å². The Balaban J connectivity index is 2.35. The first kappa shape index (κ1) is 20.4. The highest BCUT2D eigenvalue weighted by molar-refractivity contribution is 6.78. The van der Waals surface area contributed by atoms with Gasteiger partial charge in [0.1, 0.15) is 0 Å². The Morgan fingerprint density at radius 2 is 1.60 bits per heavy atom. The van der Waals surface area contributed by atoms with E-state index in [1.165, 1.54) is 7.28 Å². The molecule has 0 saturated heterocycles. The van der Waals surface area contributed by atoms with Crippen LogP contribution in [0.5, 0.6) is 0 Å². The van der Waals surface area contributed by atoms with Crippen molar-refractivity contribution in [2.45, 2.75) is 86.0 Å². The first-order chi connectivity index (χ1) is 11.3. The first-order valence-corrected chi connectivity index (χ1v) is 9.48. The van der Waals surface area contributed by atoms with Crippen molar-refractivity contribution in [3.63, 3.8) is 0 Å². The summed E-state index contributed by atoms with van der Waals surface area (Å²) in [5.41, 5.74) is -0.245. The van der Waals surface area contributed by atoms with Gasteiger partial charge in [0, 0.05) is 0 Å². The molecule has 5 unspecified atom stereocenters. The molecule has 2 aliphatic carbocycles. The molecule has 1 N–H and O–H groups in total. The Bertz CT molecular complexity index is 574. The SMILES string of the molecule is CCC(C)OC(=O)[B]C1C([B]C(=O)O)C2(CC)C(C)(C)C(C)(C)C12C. The number of ether oxygens (including phenoxy) is 1. The molecule has 138 valence electrons. The molecule has 0 aromatic heterocycles. The van der Waals surface area contributed by atoms with Crippen LogP contribution in [0.4, 0.5) is 9.59 Å². The Hall–Kier alpha value is -0.930. The molecule has 2 rings (SSSR count). The smallest absolute Gasteiger partial charge is 0.264 e. The summed E-state index contributed by atoms with van der Waals surface area (Å²) in [7, 11) is 3.07. The van der Waals surface area contributed by atoms with Gasteiger partial charge in [-0.1, -0.05) is 60.1 Å². The number of carboxylic acid groups (broad SMARTS) is 1. The van der Waals surface area contributed by atoms with E-state index >= 15 is 0 Å². The fourth-order valence-electron chi connectivity index (χ4n) is 6.58. The van der Waals surface area contributed by atoms with Gasteiger partial charge < -0.3 is 9.84 Å². The standard InChI is InChI=1S/C19H32B2O4/c1-9-11(3)25-15(24)21-12-13(20-14(22)23)19(10-2)17(6,7)16(4,5)18(12,19)8/h11-13H,9-10H2,1-8H3,(H,22,23). The van der Waals surface area contributed by atoms with Crippen molar-refractivity contribution < 1.29 is 19.4 Å². The Labute approximate surface area is 154 Å². The van der Waals surface area contributed by atoms with Crippen molar-refractivity contribution in [3.8, 4) is 0 Å². The minimum Gasteiger partial charge on any atom is -0.490 e. The highest BCUT2D eigenvalue weighted by atomic mass is 16.5. The third-order valence-corrected chi connectivity index (χ3v) is 8.61. The Kier molecular flexibility index (Phi) is 4.94. The summed E-state index contributed by atoms with van der Waals surface area (Å²) in [6, 6.07) is 0. The molecule has 0 bridgehead atoms. The van der Waals surface area contributed by atoms with E-state index in [9.17, 15) is 14.7 Å². The van der Waals surface area contributed by atoms with Gasteiger partial charge >= 0.3 is 0 Å². The fourth-order valence-corrected chi connectivity index (χ4v) is 6.58. The van der Waals surface area contributed by atoms with Crippen molar-refractivity contribution in [2.75, 3.05) is 0 Å². The van der Waals surface area contributed by atoms with E-state index in [-0.39, 0.29) is 45.3 Å². The van der Waals surface area contributed by atoms with Crippen LogP contribution in [0.15, 0.2) is 0 Å². The van der Waals surface area contributed by atoms with E-state index in [1.54, 1.807) is 7.28 Å². The quantitative estimate of drug-likeness (QED) is 0.654. The Morgan fingerprint density at radius 3 is 2.04 bits per heavy atom. The lowest BCUT2D eigenvalue weighted by Gasteiger charge is -2.91. The van der Waals surface area contributed by atoms with E-state index in [1.807, 2.05) is 13.8 Å². The number of rotatable bonds is 7. The molecule has 0 aromatic rings. The zero-order valence-electron chi connectivity index (χ0n) is 17.0. The van der Waals surface area contributed by atoms with Gasteiger partial charge in [0.05, 0.1) is 6.10 Å². The van der Waals surface area contributed by atoms with Crippen LogP contribution in [0.1, 0.15) is 68.2 Å². The molecule has 2 saturated carbocycles. The molecular formula is C19H32B2O4. The molecule has 2 fully saturated rings. The summed E-state index contributed by atoms with van der Waals surface area (Å²) in [5, 5.41) is 9.42. The predicted octanol–water partition coefficient (Wildman–Crippen LogP) is 5.07. The lowest BCUT2D eigenvalue weighted by atomic mass is 9.06. The summed E-state index contributed by atoms with van der Waals surface area (Å²) in [5.74, 6) is -1.49. The average Bonchev–Trinajstić information content (AvgIpc) is 2.50. The number of carbonyl (C=O) groups excluding carboxylic acids is 1. The van der Waals surface area contributed by atoms with Crippen LogP contribution in [0.3, 0.4) is 0 Å². The third-order valence-electron chi connectivity index (χ3n) is 8.61. The van der Waals surface area contributed by atoms with Crippen LogP contribution in [0, 0.1) is 21.7 Å². The molecular weight excluding hydrogens is 314 g/mol. The van der Waals surface area contributed by atoms with Crippen molar-refractivity contribution in [3.05, 3.63) is 0 Å². The topological polar surface area (TPSA) is 63.6 Å². The monoisotopic (exact) mass is 346 g/mol. The molecule has 2 aliphatic rings. The van der Waals surface area contributed by atoms with Gasteiger partial charge in [-0.05, 0) is 41.4 Å². The van der Waals surface area contributed by atoms with Crippen LogP contribution in [-0.2, 0) is 4.74 Å². The van der Waals surface area contributed by atoms with Crippen molar-refractivity contribution in [2.24, 2.45) is 21.7 Å². The molecule has 0 heterocycles. The summed E-state index contributed by atoms with van der Waals surface area (Å²) in [6.45, 7) is 17.2. The molecule has 25 heavy (non-hydrogen) atoms. The van der Waals surface area contributed by atoms with Gasteiger partial charge in [-0.15, -0.1) is 0 Å². The molecule has 0 amide bonds. The van der Waals surface area contributed by atoms with Crippen LogP contribution >= 0.6 is 0 Å². The van der Waals surface area contributed by atoms with Crippen molar-refractivity contribution in [1.82, 2.24) is 0 Å². The molecule has 0 aromatic carbocycles. The minimum absolute atomic E-state index is 0.00330. The maximum atomic E-state index is 12.4. The number of fused-ring (bicyclic) bond motifs is 1. The van der Waals surface area contributed by atoms with Crippen LogP contribution in [0.25, 0.3) is 0 Å². The van der Waals surface area contributed by atoms with Gasteiger partial charge in [-0.2, -0.15) is 0 Å². The lowest BCUT2D eigenvalue weighted by Crippen LogP contribution is -2.85. The highest BCUT2D eigenvalue weighted by Gasteiger charge is 2.87. The zero-order valence-corrected chi connectivity index (χ0v) is 17.0. The maximum Gasteiger partial charge on any atom is 0.264 e. The van der Waals surface area contributed by atoms with Gasteiger partial charge in [0.25, 0.3) is 14.6 Å². The molecule has 4 nitrogen and oxygen atoms in total. The maximum absolute atomic E-state index is 12.4. The predicted molar refractivity (Wildman–Crippen MR) is 102 cm³/mol. The largest absolute Gasteiger partial charge is 0.490 e. The summed E-state index contributed by atoms with van der Waals surface area (Å²) in [6.07, 6.45) is 1.54. The van der Waals surface area contributed by atoms with Crippen molar-refractivity contribution in [1.29, 1.82) is 0 Å². The van der Waals surface area contributed by atoms with Gasteiger partial charge in [-0.3, -0.25) is 9.59 Å². The minimum atomic E-state index is -0.908. The van der Waals surface area contributed by atoms with Gasteiger partial charge in [0.15, 0.2) is 0 Å². The summed E-state index contributed by atoms with van der Waals surface area (Å²) >= 11 is 0. The van der Waals surface area contributed by atoms with E-state index in [4.69, 9.17) is 4.74 Å². The number of hydrogen-bond donors (Lipinski definition) is 1. The second-order valence-corrected chi connectivity index (χ2v) is 9.16. The summed E-state index contributed by atoms with van der Waals surface area (Å²) in [4.78, 5) is 23.9. The average molecular weight is 346 g/mol. The number of carbonyl (C=O) groups is 2. The molecule has 2 radical (unpaired) electrons. The normalized spacial score (nSPS) is 38.4. The molecule has 5 atom stereocenters. The molecule has 6 heteroatoms. The molecule has 0 aliphatic heterocycles. The lowest BCUT2D eigenvalue weighted by molar-refractivity contribution is -0.369. The fraction of sp³-hybridized carbons (Fsp3) is 0.895. The zero-order chi connectivity index (χ0) is 19.4. The number of hydrogen-bond acceptors (Lipinski definition) is 3. The van der Waals surface area contributed by atoms with Crippen molar-refractivity contribution >= 4 is 26.3 Å². The van der Waals surface area contributed by atoms with E-state index in [0.717, 1.165) is 12.8 Å². The van der Waals surface area contributed by atoms with E-state index in [0.29, 0.717) is 0 Å². The second kappa shape index (κ2) is 6.06. The highest BCUT2D eigenvalue weighted by Crippen LogP contribution is 2.94. The third kappa shape index (κ3) is 2.21. The van der Waals surface area contributed by atoms with E-state index in [2.05, 4.69) is 41.5 Å².